The second-order valence-corrected chi connectivity index (χ2v) is 6.88. The molecule has 128 valence electrons. The van der Waals surface area contributed by atoms with Crippen LogP contribution < -0.4 is 10.2 Å². The lowest BCUT2D eigenvalue weighted by molar-refractivity contribution is -0.123. The number of nitrogens with one attached hydrogen (secondary N) is 1. The lowest BCUT2D eigenvalue weighted by Crippen LogP contribution is -2.53. The summed E-state index contributed by atoms with van der Waals surface area (Å²) in [6.45, 7) is 5.29. The SMILES string of the molecule is C[C@](C#N)(NC(=O)CN1CCN(c2ccc(F)cc2)CC1)C1CC1. The largest absolute Gasteiger partial charge is 0.369 e. The molecule has 5 nitrogen and oxygen atoms in total. The van der Waals surface area contributed by atoms with Gasteiger partial charge in [-0.3, -0.25) is 9.69 Å². The van der Waals surface area contributed by atoms with Crippen LogP contribution in [0.15, 0.2) is 24.3 Å². The summed E-state index contributed by atoms with van der Waals surface area (Å²) in [7, 11) is 0. The zero-order chi connectivity index (χ0) is 17.2. The first kappa shape index (κ1) is 16.7. The molecule has 1 N–H and O–H groups in total. The summed E-state index contributed by atoms with van der Waals surface area (Å²) >= 11 is 0. The molecule has 1 aliphatic carbocycles. The van der Waals surface area contributed by atoms with Gasteiger partial charge in [0.1, 0.15) is 11.4 Å². The normalized spacial score (nSPS) is 21.0. The Balaban J connectivity index is 1.47. The van der Waals surface area contributed by atoms with Crippen molar-refractivity contribution in [3.63, 3.8) is 0 Å². The van der Waals surface area contributed by atoms with Gasteiger partial charge in [0.25, 0.3) is 0 Å². The number of halogens is 1. The van der Waals surface area contributed by atoms with E-state index < -0.39 is 5.54 Å². The number of nitriles is 1. The van der Waals surface area contributed by atoms with E-state index >= 15 is 0 Å². The number of hydrogen-bond donors (Lipinski definition) is 1. The van der Waals surface area contributed by atoms with Crippen molar-refractivity contribution in [3.05, 3.63) is 30.1 Å². The van der Waals surface area contributed by atoms with Crippen LogP contribution in [0.1, 0.15) is 19.8 Å². The number of amides is 1. The first-order chi connectivity index (χ1) is 11.5. The molecule has 0 unspecified atom stereocenters. The van der Waals surface area contributed by atoms with Crippen molar-refractivity contribution in [1.82, 2.24) is 10.2 Å². The van der Waals surface area contributed by atoms with Crippen molar-refractivity contribution < 1.29 is 9.18 Å². The maximum Gasteiger partial charge on any atom is 0.235 e. The number of benzene rings is 1. The molecule has 1 saturated carbocycles. The summed E-state index contributed by atoms with van der Waals surface area (Å²) in [6, 6.07) is 8.76. The van der Waals surface area contributed by atoms with Crippen LogP contribution in [-0.4, -0.2) is 49.1 Å². The Kier molecular flexibility index (Phi) is 4.72. The molecule has 1 atom stereocenters. The van der Waals surface area contributed by atoms with Gasteiger partial charge in [-0.1, -0.05) is 0 Å². The maximum absolute atomic E-state index is 13.0. The molecule has 1 aromatic rings. The Morgan fingerprint density at radius 2 is 1.92 bits per heavy atom. The van der Waals surface area contributed by atoms with Gasteiger partial charge in [-0.05, 0) is 49.9 Å². The lowest BCUT2D eigenvalue weighted by Gasteiger charge is -2.36. The fourth-order valence-corrected chi connectivity index (χ4v) is 3.23. The van der Waals surface area contributed by atoms with Crippen molar-refractivity contribution in [2.45, 2.75) is 25.3 Å². The fourth-order valence-electron chi connectivity index (χ4n) is 3.23. The lowest BCUT2D eigenvalue weighted by atomic mass is 9.98. The molecular formula is C18H23FN4O. The van der Waals surface area contributed by atoms with Crippen molar-refractivity contribution in [1.29, 1.82) is 5.26 Å². The van der Waals surface area contributed by atoms with Gasteiger partial charge in [0.15, 0.2) is 0 Å². The highest BCUT2D eigenvalue weighted by Crippen LogP contribution is 2.39. The predicted molar refractivity (Wildman–Crippen MR) is 89.9 cm³/mol. The average molecular weight is 330 g/mol. The molecule has 1 heterocycles. The molecule has 6 heteroatoms. The standard InChI is InChI=1S/C18H23FN4O/c1-18(13-20,14-2-3-14)21-17(24)12-22-8-10-23(11-9-22)16-6-4-15(19)5-7-16/h4-7,14H,2-3,8-12H2,1H3,(H,21,24)/t18-/m1/s1. The minimum Gasteiger partial charge on any atom is -0.369 e. The molecule has 1 aromatic carbocycles. The molecule has 0 spiro atoms. The highest BCUT2D eigenvalue weighted by Gasteiger charge is 2.43. The van der Waals surface area contributed by atoms with E-state index in [1.807, 2.05) is 6.92 Å². The third-order valence-electron chi connectivity index (χ3n) is 4.96. The van der Waals surface area contributed by atoms with Gasteiger partial charge in [-0.25, -0.2) is 4.39 Å². The molecule has 1 saturated heterocycles. The Bertz CT molecular complexity index is 629. The molecule has 1 aliphatic heterocycles. The molecule has 0 bridgehead atoms. The van der Waals surface area contributed by atoms with Crippen molar-refractivity contribution >= 4 is 11.6 Å². The molecule has 1 amide bonds. The number of rotatable bonds is 5. The van der Waals surface area contributed by atoms with E-state index in [-0.39, 0.29) is 11.7 Å². The number of anilines is 1. The summed E-state index contributed by atoms with van der Waals surface area (Å²) in [5.74, 6) is -0.0202. The quantitative estimate of drug-likeness (QED) is 0.894. The van der Waals surface area contributed by atoms with E-state index in [2.05, 4.69) is 21.2 Å². The summed E-state index contributed by atoms with van der Waals surface area (Å²) in [6.07, 6.45) is 2.03. The van der Waals surface area contributed by atoms with Gasteiger partial charge in [0.05, 0.1) is 12.6 Å². The zero-order valence-electron chi connectivity index (χ0n) is 14.0. The summed E-state index contributed by atoms with van der Waals surface area (Å²) in [5.41, 5.74) is 0.277. The number of carbonyl (C=O) groups is 1. The molecular weight excluding hydrogens is 307 g/mol. The zero-order valence-corrected chi connectivity index (χ0v) is 14.0. The minimum absolute atomic E-state index is 0.0822. The number of nitrogens with zero attached hydrogens (tertiary/aromatic N) is 3. The van der Waals surface area contributed by atoms with E-state index in [0.29, 0.717) is 12.5 Å². The van der Waals surface area contributed by atoms with Crippen LogP contribution in [0.2, 0.25) is 0 Å². The molecule has 0 radical (unpaired) electrons. The first-order valence-electron chi connectivity index (χ1n) is 8.45. The Hall–Kier alpha value is -2.13. The van der Waals surface area contributed by atoms with Gasteiger partial charge in [0.2, 0.25) is 5.91 Å². The summed E-state index contributed by atoms with van der Waals surface area (Å²) in [4.78, 5) is 16.5. The highest BCUT2D eigenvalue weighted by atomic mass is 19.1. The third-order valence-corrected chi connectivity index (χ3v) is 4.96. The van der Waals surface area contributed by atoms with Crippen LogP contribution in [0.3, 0.4) is 0 Å². The van der Waals surface area contributed by atoms with E-state index in [1.165, 1.54) is 12.1 Å². The number of carbonyl (C=O) groups excluding carboxylic acids is 1. The number of piperazine rings is 1. The van der Waals surface area contributed by atoms with Gasteiger partial charge >= 0.3 is 0 Å². The van der Waals surface area contributed by atoms with Crippen LogP contribution in [0.5, 0.6) is 0 Å². The van der Waals surface area contributed by atoms with E-state index in [0.717, 1.165) is 44.7 Å². The Labute approximate surface area is 142 Å². The Morgan fingerprint density at radius 1 is 1.29 bits per heavy atom. The van der Waals surface area contributed by atoms with Crippen LogP contribution >= 0.6 is 0 Å². The van der Waals surface area contributed by atoms with Gasteiger partial charge in [0, 0.05) is 31.9 Å². The van der Waals surface area contributed by atoms with Crippen molar-refractivity contribution in [2.75, 3.05) is 37.6 Å². The second-order valence-electron chi connectivity index (χ2n) is 6.88. The summed E-state index contributed by atoms with van der Waals surface area (Å²) < 4.78 is 13.0. The fraction of sp³-hybridized carbons (Fsp3) is 0.556. The van der Waals surface area contributed by atoms with Gasteiger partial charge < -0.3 is 10.2 Å². The smallest absolute Gasteiger partial charge is 0.235 e. The van der Waals surface area contributed by atoms with Crippen LogP contribution in [0.25, 0.3) is 0 Å². The molecule has 0 aromatic heterocycles. The van der Waals surface area contributed by atoms with Crippen LogP contribution in [0.4, 0.5) is 10.1 Å². The summed E-state index contributed by atoms with van der Waals surface area (Å²) in [5, 5.41) is 12.2. The van der Waals surface area contributed by atoms with E-state index in [1.54, 1.807) is 12.1 Å². The van der Waals surface area contributed by atoms with Gasteiger partial charge in [-0.15, -0.1) is 0 Å². The molecule has 2 fully saturated rings. The van der Waals surface area contributed by atoms with Crippen LogP contribution in [0, 0.1) is 23.1 Å². The molecule has 24 heavy (non-hydrogen) atoms. The molecule has 2 aliphatic rings. The van der Waals surface area contributed by atoms with Crippen molar-refractivity contribution in [3.8, 4) is 6.07 Å². The minimum atomic E-state index is -0.729. The van der Waals surface area contributed by atoms with Gasteiger partial charge in [-0.2, -0.15) is 5.26 Å². The first-order valence-corrected chi connectivity index (χ1v) is 8.45. The van der Waals surface area contributed by atoms with E-state index in [9.17, 15) is 14.4 Å². The second kappa shape index (κ2) is 6.78. The highest BCUT2D eigenvalue weighted by molar-refractivity contribution is 5.79. The number of hydrogen-bond acceptors (Lipinski definition) is 4. The molecule has 3 rings (SSSR count). The van der Waals surface area contributed by atoms with Crippen LogP contribution in [-0.2, 0) is 4.79 Å². The predicted octanol–water partition coefficient (Wildman–Crippen LogP) is 1.76. The van der Waals surface area contributed by atoms with E-state index in [4.69, 9.17) is 0 Å². The van der Waals surface area contributed by atoms with Crippen molar-refractivity contribution in [2.24, 2.45) is 5.92 Å². The average Bonchev–Trinajstić information content (AvgIpc) is 3.41. The Morgan fingerprint density at radius 3 is 2.46 bits per heavy atom. The third kappa shape index (κ3) is 3.85. The topological polar surface area (TPSA) is 59.4 Å². The monoisotopic (exact) mass is 330 g/mol. The maximum atomic E-state index is 13.0.